The van der Waals surface area contributed by atoms with Gasteiger partial charge < -0.3 is 15.7 Å². The zero-order valence-electron chi connectivity index (χ0n) is 11.4. The molecule has 0 saturated carbocycles. The highest BCUT2D eigenvalue weighted by molar-refractivity contribution is 5.84. The van der Waals surface area contributed by atoms with Gasteiger partial charge in [-0.1, -0.05) is 12.1 Å². The standard InChI is InChI=1S/C15H20N2O3/c16-12-5-3-4-11(10-12)7-8-14(18)17-9-2-1-6-13(17)15(19)20/h3-5,10,13H,1-2,6-9,16H2,(H,19,20). The second kappa shape index (κ2) is 6.41. The third-order valence-corrected chi connectivity index (χ3v) is 3.69. The van der Waals surface area contributed by atoms with Crippen molar-refractivity contribution in [2.45, 2.75) is 38.1 Å². The SMILES string of the molecule is Nc1cccc(CCC(=O)N2CCCCC2C(=O)O)c1. The largest absolute Gasteiger partial charge is 0.480 e. The minimum atomic E-state index is -0.901. The summed E-state index contributed by atoms with van der Waals surface area (Å²) < 4.78 is 0. The minimum Gasteiger partial charge on any atom is -0.480 e. The van der Waals surface area contributed by atoms with Crippen LogP contribution in [0, 0.1) is 0 Å². The van der Waals surface area contributed by atoms with Gasteiger partial charge in [-0.3, -0.25) is 4.79 Å². The quantitative estimate of drug-likeness (QED) is 0.819. The Kier molecular flexibility index (Phi) is 4.61. The zero-order valence-corrected chi connectivity index (χ0v) is 11.4. The minimum absolute atomic E-state index is 0.0838. The van der Waals surface area contributed by atoms with Crippen molar-refractivity contribution in [2.75, 3.05) is 12.3 Å². The van der Waals surface area contributed by atoms with E-state index in [1.807, 2.05) is 18.2 Å². The van der Waals surface area contributed by atoms with Crippen LogP contribution in [-0.2, 0) is 16.0 Å². The molecule has 1 amide bonds. The second-order valence-corrected chi connectivity index (χ2v) is 5.18. The molecule has 0 radical (unpaired) electrons. The number of nitrogens with two attached hydrogens (primary N) is 1. The molecule has 1 atom stereocenters. The Bertz CT molecular complexity index is 502. The molecule has 1 aromatic carbocycles. The van der Waals surface area contributed by atoms with Crippen molar-refractivity contribution in [3.63, 3.8) is 0 Å². The lowest BCUT2D eigenvalue weighted by Crippen LogP contribution is -2.48. The Morgan fingerprint density at radius 1 is 1.35 bits per heavy atom. The summed E-state index contributed by atoms with van der Waals surface area (Å²) in [6, 6.07) is 6.77. The molecule has 1 aliphatic heterocycles. The van der Waals surface area contributed by atoms with Crippen LogP contribution >= 0.6 is 0 Å². The number of carbonyl (C=O) groups excluding carboxylic acids is 1. The van der Waals surface area contributed by atoms with Crippen molar-refractivity contribution in [2.24, 2.45) is 0 Å². The number of anilines is 1. The summed E-state index contributed by atoms with van der Waals surface area (Å²) in [7, 11) is 0. The van der Waals surface area contributed by atoms with Crippen LogP contribution in [0.15, 0.2) is 24.3 Å². The molecule has 1 heterocycles. The van der Waals surface area contributed by atoms with E-state index in [2.05, 4.69) is 0 Å². The molecule has 0 aliphatic carbocycles. The summed E-state index contributed by atoms with van der Waals surface area (Å²) in [6.07, 6.45) is 3.23. The first-order valence-electron chi connectivity index (χ1n) is 6.94. The van der Waals surface area contributed by atoms with E-state index in [0.29, 0.717) is 31.5 Å². The number of aryl methyl sites for hydroxylation is 1. The number of carbonyl (C=O) groups is 2. The van der Waals surface area contributed by atoms with Crippen molar-refractivity contribution >= 4 is 17.6 Å². The van der Waals surface area contributed by atoms with Gasteiger partial charge >= 0.3 is 5.97 Å². The first kappa shape index (κ1) is 14.4. The van der Waals surface area contributed by atoms with Gasteiger partial charge in [0.25, 0.3) is 0 Å². The van der Waals surface area contributed by atoms with Gasteiger partial charge in [0.05, 0.1) is 0 Å². The van der Waals surface area contributed by atoms with Crippen LogP contribution in [-0.4, -0.2) is 34.5 Å². The average Bonchev–Trinajstić information content (AvgIpc) is 2.45. The first-order chi connectivity index (χ1) is 9.58. The number of piperidine rings is 1. The highest BCUT2D eigenvalue weighted by atomic mass is 16.4. The van der Waals surface area contributed by atoms with Crippen LogP contribution < -0.4 is 5.73 Å². The van der Waals surface area contributed by atoms with Crippen LogP contribution in [0.25, 0.3) is 0 Å². The summed E-state index contributed by atoms with van der Waals surface area (Å²) in [5.74, 6) is -0.985. The number of likely N-dealkylation sites (tertiary alicyclic amines) is 1. The van der Waals surface area contributed by atoms with Gasteiger partial charge in [-0.05, 0) is 43.4 Å². The zero-order chi connectivity index (χ0) is 14.5. The average molecular weight is 276 g/mol. The molecular weight excluding hydrogens is 256 g/mol. The number of rotatable bonds is 4. The number of amides is 1. The Morgan fingerprint density at radius 2 is 2.15 bits per heavy atom. The summed E-state index contributed by atoms with van der Waals surface area (Å²) in [4.78, 5) is 24.9. The number of hydrogen-bond acceptors (Lipinski definition) is 3. The predicted molar refractivity (Wildman–Crippen MR) is 76.2 cm³/mol. The molecule has 0 spiro atoms. The summed E-state index contributed by atoms with van der Waals surface area (Å²) in [6.45, 7) is 0.548. The van der Waals surface area contributed by atoms with E-state index in [9.17, 15) is 9.59 Å². The van der Waals surface area contributed by atoms with Crippen molar-refractivity contribution in [1.82, 2.24) is 4.90 Å². The van der Waals surface area contributed by atoms with Crippen LogP contribution in [0.1, 0.15) is 31.2 Å². The predicted octanol–water partition coefficient (Wildman–Crippen LogP) is 1.67. The van der Waals surface area contributed by atoms with E-state index in [-0.39, 0.29) is 5.91 Å². The molecule has 3 N–H and O–H groups in total. The van der Waals surface area contributed by atoms with Gasteiger partial charge in [-0.25, -0.2) is 4.79 Å². The van der Waals surface area contributed by atoms with Crippen LogP contribution in [0.2, 0.25) is 0 Å². The van der Waals surface area contributed by atoms with Crippen LogP contribution in [0.4, 0.5) is 5.69 Å². The molecule has 5 heteroatoms. The number of carboxylic acid groups (broad SMARTS) is 1. The lowest BCUT2D eigenvalue weighted by atomic mass is 10.0. The van der Waals surface area contributed by atoms with Gasteiger partial charge in [0, 0.05) is 18.7 Å². The van der Waals surface area contributed by atoms with Crippen molar-refractivity contribution in [3.05, 3.63) is 29.8 Å². The van der Waals surface area contributed by atoms with Gasteiger partial charge in [0.15, 0.2) is 0 Å². The summed E-state index contributed by atoms with van der Waals surface area (Å²) in [5, 5.41) is 9.17. The van der Waals surface area contributed by atoms with E-state index >= 15 is 0 Å². The number of hydrogen-bond donors (Lipinski definition) is 2. The van der Waals surface area contributed by atoms with Crippen molar-refractivity contribution < 1.29 is 14.7 Å². The summed E-state index contributed by atoms with van der Waals surface area (Å²) in [5.41, 5.74) is 7.38. The first-order valence-corrected chi connectivity index (χ1v) is 6.94. The molecule has 0 aromatic heterocycles. The second-order valence-electron chi connectivity index (χ2n) is 5.18. The number of aliphatic carboxylic acids is 1. The van der Waals surface area contributed by atoms with Crippen molar-refractivity contribution in [1.29, 1.82) is 0 Å². The fourth-order valence-electron chi connectivity index (χ4n) is 2.63. The molecule has 5 nitrogen and oxygen atoms in total. The molecule has 1 fully saturated rings. The Hall–Kier alpha value is -2.04. The molecule has 20 heavy (non-hydrogen) atoms. The Balaban J connectivity index is 1.95. The maximum absolute atomic E-state index is 12.2. The topological polar surface area (TPSA) is 83.6 Å². The van der Waals surface area contributed by atoms with E-state index in [4.69, 9.17) is 10.8 Å². The monoisotopic (exact) mass is 276 g/mol. The van der Waals surface area contributed by atoms with E-state index in [1.54, 1.807) is 6.07 Å². The molecule has 108 valence electrons. The third-order valence-electron chi connectivity index (χ3n) is 3.69. The van der Waals surface area contributed by atoms with Crippen LogP contribution in [0.3, 0.4) is 0 Å². The maximum atomic E-state index is 12.2. The lowest BCUT2D eigenvalue weighted by Gasteiger charge is -2.33. The molecule has 1 saturated heterocycles. The highest BCUT2D eigenvalue weighted by Gasteiger charge is 2.31. The van der Waals surface area contributed by atoms with Crippen LogP contribution in [0.5, 0.6) is 0 Å². The van der Waals surface area contributed by atoms with Gasteiger partial charge in [0.1, 0.15) is 6.04 Å². The van der Waals surface area contributed by atoms with E-state index in [1.165, 1.54) is 4.90 Å². The Labute approximate surface area is 118 Å². The number of nitrogen functional groups attached to an aromatic ring is 1. The number of carboxylic acids is 1. The fourth-order valence-corrected chi connectivity index (χ4v) is 2.63. The number of benzene rings is 1. The van der Waals surface area contributed by atoms with Crippen molar-refractivity contribution in [3.8, 4) is 0 Å². The summed E-state index contributed by atoms with van der Waals surface area (Å²) >= 11 is 0. The fraction of sp³-hybridized carbons (Fsp3) is 0.467. The maximum Gasteiger partial charge on any atom is 0.326 e. The molecule has 1 aromatic rings. The molecule has 0 bridgehead atoms. The van der Waals surface area contributed by atoms with E-state index in [0.717, 1.165) is 18.4 Å². The lowest BCUT2D eigenvalue weighted by molar-refractivity contribution is -0.152. The molecule has 1 aliphatic rings. The normalized spacial score (nSPS) is 18.8. The van der Waals surface area contributed by atoms with Gasteiger partial charge in [-0.2, -0.15) is 0 Å². The number of nitrogens with zero attached hydrogens (tertiary/aromatic N) is 1. The highest BCUT2D eigenvalue weighted by Crippen LogP contribution is 2.19. The van der Waals surface area contributed by atoms with Gasteiger partial charge in [0.2, 0.25) is 5.91 Å². The third kappa shape index (κ3) is 3.50. The molecule has 2 rings (SSSR count). The smallest absolute Gasteiger partial charge is 0.326 e. The Morgan fingerprint density at radius 3 is 2.85 bits per heavy atom. The van der Waals surface area contributed by atoms with E-state index < -0.39 is 12.0 Å². The molecular formula is C15H20N2O3. The van der Waals surface area contributed by atoms with Gasteiger partial charge in [-0.15, -0.1) is 0 Å². The molecule has 1 unspecified atom stereocenters.